The van der Waals surface area contributed by atoms with Crippen molar-refractivity contribution in [1.29, 1.82) is 0 Å². The molecular weight excluding hydrogens is 264 g/mol. The zero-order chi connectivity index (χ0) is 13.0. The van der Waals surface area contributed by atoms with Gasteiger partial charge in [0, 0.05) is 10.5 Å². The zero-order valence-electron chi connectivity index (χ0n) is 10.2. The topological polar surface area (TPSA) is 55.1 Å². The maximum Gasteiger partial charge on any atom is 0.275 e. The zero-order valence-corrected chi connectivity index (χ0v) is 11.9. The summed E-state index contributed by atoms with van der Waals surface area (Å²) < 4.78 is 1.14. The average molecular weight is 280 g/mol. The highest BCUT2D eigenvalue weighted by Gasteiger charge is 2.17. The number of hydrogen-bond donors (Lipinski definition) is 2. The van der Waals surface area contributed by atoms with Crippen LogP contribution in [-0.4, -0.2) is 11.7 Å². The van der Waals surface area contributed by atoms with Crippen LogP contribution in [0.4, 0.5) is 0 Å². The van der Waals surface area contributed by atoms with Gasteiger partial charge in [0.25, 0.3) is 5.91 Å². The van der Waals surface area contributed by atoms with Crippen LogP contribution in [0.15, 0.2) is 24.3 Å². The Bertz CT molecular complexity index is 551. The monoisotopic (exact) mass is 280 g/mol. The number of hydrogen-bond acceptors (Lipinski definition) is 4. The van der Waals surface area contributed by atoms with Gasteiger partial charge in [0.1, 0.15) is 0 Å². The number of rotatable bonds is 5. The fourth-order valence-corrected chi connectivity index (χ4v) is 3.96. The number of benzene rings is 1. The number of fused-ring (bicyclic) bond motifs is 1. The Morgan fingerprint density at radius 2 is 2.22 bits per heavy atom. The van der Waals surface area contributed by atoms with Gasteiger partial charge in [-0.1, -0.05) is 25.1 Å². The van der Waals surface area contributed by atoms with Gasteiger partial charge >= 0.3 is 0 Å². The van der Waals surface area contributed by atoms with E-state index in [2.05, 4.69) is 18.4 Å². The molecule has 0 aliphatic heterocycles. The number of carbonyl (C=O) groups excluding carboxylic acids is 1. The Labute approximate surface area is 115 Å². The van der Waals surface area contributed by atoms with E-state index in [0.717, 1.165) is 33.1 Å². The number of amides is 1. The molecule has 1 aromatic heterocycles. The van der Waals surface area contributed by atoms with Crippen LogP contribution in [0.2, 0.25) is 0 Å². The summed E-state index contributed by atoms with van der Waals surface area (Å²) in [7, 11) is 0. The van der Waals surface area contributed by atoms with Gasteiger partial charge < -0.3 is 0 Å². The summed E-state index contributed by atoms with van der Waals surface area (Å²) >= 11 is 3.36. The summed E-state index contributed by atoms with van der Waals surface area (Å²) in [6.45, 7) is 2.16. The van der Waals surface area contributed by atoms with Crippen molar-refractivity contribution >= 4 is 39.1 Å². The molecule has 96 valence electrons. The first kappa shape index (κ1) is 13.4. The number of thiophene rings is 1. The first-order valence-corrected chi connectivity index (χ1v) is 7.84. The maximum absolute atomic E-state index is 11.8. The number of nitrogens with one attached hydrogen (secondary N) is 1. The van der Waals surface area contributed by atoms with E-state index in [9.17, 15) is 4.79 Å². The van der Waals surface area contributed by atoms with E-state index in [1.54, 1.807) is 0 Å². The van der Waals surface area contributed by atoms with Gasteiger partial charge in [-0.25, -0.2) is 5.84 Å². The van der Waals surface area contributed by atoms with Crippen LogP contribution >= 0.6 is 23.1 Å². The minimum absolute atomic E-state index is 0.191. The molecule has 1 heterocycles. The summed E-state index contributed by atoms with van der Waals surface area (Å²) in [5.74, 6) is 7.03. The number of nitrogen functional groups attached to an aromatic ring is 1. The van der Waals surface area contributed by atoms with Crippen molar-refractivity contribution in [3.8, 4) is 0 Å². The molecule has 0 spiro atoms. The first-order chi connectivity index (χ1) is 8.77. The van der Waals surface area contributed by atoms with E-state index < -0.39 is 0 Å². The second-order valence-corrected chi connectivity index (χ2v) is 6.09. The minimum atomic E-state index is -0.191. The van der Waals surface area contributed by atoms with Crippen molar-refractivity contribution in [2.24, 2.45) is 5.84 Å². The lowest BCUT2D eigenvalue weighted by Gasteiger charge is -2.03. The molecule has 2 rings (SSSR count). The van der Waals surface area contributed by atoms with Gasteiger partial charge in [-0.3, -0.25) is 10.2 Å². The smallest absolute Gasteiger partial charge is 0.275 e. The van der Waals surface area contributed by atoms with Gasteiger partial charge in [-0.05, 0) is 29.2 Å². The van der Waals surface area contributed by atoms with Crippen molar-refractivity contribution in [1.82, 2.24) is 5.43 Å². The molecule has 5 heteroatoms. The molecule has 0 unspecified atom stereocenters. The predicted molar refractivity (Wildman–Crippen MR) is 79.9 cm³/mol. The van der Waals surface area contributed by atoms with Crippen LogP contribution in [0, 0.1) is 0 Å². The molecule has 3 N–H and O–H groups in total. The van der Waals surface area contributed by atoms with Crippen molar-refractivity contribution < 1.29 is 4.79 Å². The van der Waals surface area contributed by atoms with Crippen molar-refractivity contribution in [2.75, 3.05) is 5.75 Å². The second-order valence-electron chi connectivity index (χ2n) is 3.93. The Morgan fingerprint density at radius 1 is 1.44 bits per heavy atom. The van der Waals surface area contributed by atoms with Gasteiger partial charge in [-0.2, -0.15) is 11.8 Å². The summed E-state index contributed by atoms with van der Waals surface area (Å²) in [5, 5.41) is 1.17. The third-order valence-corrected chi connectivity index (χ3v) is 5.03. The highest BCUT2D eigenvalue weighted by molar-refractivity contribution is 7.98. The summed E-state index contributed by atoms with van der Waals surface area (Å²) in [6.07, 6.45) is 1.14. The lowest BCUT2D eigenvalue weighted by atomic mass is 10.1. The molecule has 1 amide bonds. The number of thioether (sulfide) groups is 1. The number of hydrazine groups is 1. The molecule has 0 saturated carbocycles. The van der Waals surface area contributed by atoms with E-state index in [1.165, 1.54) is 16.7 Å². The molecule has 0 aliphatic rings. The number of carbonyl (C=O) groups is 1. The Hall–Kier alpha value is -1.04. The molecule has 0 bridgehead atoms. The third-order valence-electron chi connectivity index (χ3n) is 2.63. The van der Waals surface area contributed by atoms with Gasteiger partial charge in [0.05, 0.1) is 4.88 Å². The normalized spacial score (nSPS) is 10.8. The van der Waals surface area contributed by atoms with Crippen molar-refractivity contribution in [2.45, 2.75) is 19.1 Å². The molecular formula is C13H16N2OS2. The summed E-state index contributed by atoms with van der Waals surface area (Å²) in [4.78, 5) is 12.5. The molecule has 0 aliphatic carbocycles. The largest absolute Gasteiger partial charge is 0.289 e. The lowest BCUT2D eigenvalue weighted by Crippen LogP contribution is -2.29. The van der Waals surface area contributed by atoms with E-state index >= 15 is 0 Å². The second kappa shape index (κ2) is 6.22. The Kier molecular flexibility index (Phi) is 4.63. The Morgan fingerprint density at radius 3 is 2.94 bits per heavy atom. The van der Waals surface area contributed by atoms with E-state index in [-0.39, 0.29) is 5.91 Å². The molecule has 0 saturated heterocycles. The predicted octanol–water partition coefficient (Wildman–Crippen LogP) is 3.15. The van der Waals surface area contributed by atoms with Crippen LogP contribution in [-0.2, 0) is 5.75 Å². The van der Waals surface area contributed by atoms with Crippen LogP contribution in [0.3, 0.4) is 0 Å². The van der Waals surface area contributed by atoms with Crippen LogP contribution < -0.4 is 11.3 Å². The lowest BCUT2D eigenvalue weighted by molar-refractivity contribution is 0.0957. The molecule has 0 fully saturated rings. The van der Waals surface area contributed by atoms with Gasteiger partial charge in [0.15, 0.2) is 0 Å². The fourth-order valence-electron chi connectivity index (χ4n) is 1.81. The average Bonchev–Trinajstić information content (AvgIpc) is 2.77. The van der Waals surface area contributed by atoms with Crippen LogP contribution in [0.25, 0.3) is 10.1 Å². The summed E-state index contributed by atoms with van der Waals surface area (Å²) in [5.41, 5.74) is 3.34. The van der Waals surface area contributed by atoms with Crippen molar-refractivity contribution in [3.05, 3.63) is 34.7 Å². The number of nitrogens with two attached hydrogens (primary N) is 1. The van der Waals surface area contributed by atoms with E-state index in [1.807, 2.05) is 30.0 Å². The molecule has 0 radical (unpaired) electrons. The van der Waals surface area contributed by atoms with E-state index in [4.69, 9.17) is 5.84 Å². The first-order valence-electron chi connectivity index (χ1n) is 5.87. The summed E-state index contributed by atoms with van der Waals surface area (Å²) in [6, 6.07) is 8.11. The van der Waals surface area contributed by atoms with Crippen LogP contribution in [0.5, 0.6) is 0 Å². The Balaban J connectivity index is 2.41. The molecule has 18 heavy (non-hydrogen) atoms. The molecule has 0 atom stereocenters. The highest BCUT2D eigenvalue weighted by atomic mass is 32.2. The van der Waals surface area contributed by atoms with Gasteiger partial charge in [0.2, 0.25) is 0 Å². The molecule has 2 aromatic rings. The van der Waals surface area contributed by atoms with Gasteiger partial charge in [-0.15, -0.1) is 11.3 Å². The maximum atomic E-state index is 11.8. The SMILES string of the molecule is CCCSCc1c(C(=O)NN)sc2ccccc12. The standard InChI is InChI=1S/C13H16N2OS2/c1-2-7-17-8-10-9-5-3-4-6-11(9)18-12(10)13(16)15-14/h3-6H,2,7-8,14H2,1H3,(H,15,16). The quantitative estimate of drug-likeness (QED) is 0.383. The minimum Gasteiger partial charge on any atom is -0.289 e. The fraction of sp³-hybridized carbons (Fsp3) is 0.308. The highest BCUT2D eigenvalue weighted by Crippen LogP contribution is 2.33. The van der Waals surface area contributed by atoms with E-state index in [0.29, 0.717) is 0 Å². The van der Waals surface area contributed by atoms with Crippen molar-refractivity contribution in [3.63, 3.8) is 0 Å². The van der Waals surface area contributed by atoms with Crippen LogP contribution in [0.1, 0.15) is 28.6 Å². The molecule has 3 nitrogen and oxygen atoms in total. The third kappa shape index (κ3) is 2.68. The molecule has 1 aromatic carbocycles.